The lowest BCUT2D eigenvalue weighted by Gasteiger charge is -2.18. The minimum absolute atomic E-state index is 0.341. The molecule has 1 N–H and O–H groups in total. The van der Waals surface area contributed by atoms with Gasteiger partial charge in [-0.3, -0.25) is 0 Å². The molecule has 0 aliphatic carbocycles. The molecule has 2 aromatic carbocycles. The minimum atomic E-state index is -4.36. The summed E-state index contributed by atoms with van der Waals surface area (Å²) >= 11 is 3.07. The molecule has 0 aliphatic rings. The van der Waals surface area contributed by atoms with Crippen LogP contribution in [-0.4, -0.2) is 7.05 Å². The van der Waals surface area contributed by atoms with Crippen LogP contribution in [0.5, 0.6) is 0 Å². The fourth-order valence-corrected chi connectivity index (χ4v) is 2.33. The Labute approximate surface area is 128 Å². The van der Waals surface area contributed by atoms with Crippen molar-refractivity contribution in [1.82, 2.24) is 5.32 Å². The highest BCUT2D eigenvalue weighted by atomic mass is 79.9. The van der Waals surface area contributed by atoms with Crippen LogP contribution in [0.4, 0.5) is 17.6 Å². The molecule has 21 heavy (non-hydrogen) atoms. The third kappa shape index (κ3) is 3.63. The van der Waals surface area contributed by atoms with E-state index in [-0.39, 0.29) is 6.04 Å². The summed E-state index contributed by atoms with van der Waals surface area (Å²) in [6, 6.07) is 9.08. The standard InChI is InChI=1S/C15H12BrF4N/c1-21-14(10-4-7-12(16)13(17)8-10)9-2-5-11(6-3-9)15(18,19)20/h2-8,14,21H,1H3. The average Bonchev–Trinajstić information content (AvgIpc) is 2.43. The van der Waals surface area contributed by atoms with Crippen LogP contribution in [0, 0.1) is 5.82 Å². The largest absolute Gasteiger partial charge is 0.416 e. The van der Waals surface area contributed by atoms with Crippen LogP contribution in [0.2, 0.25) is 0 Å². The Morgan fingerprint density at radius 2 is 1.57 bits per heavy atom. The third-order valence-corrected chi connectivity index (χ3v) is 3.78. The summed E-state index contributed by atoms with van der Waals surface area (Å²) in [5, 5.41) is 2.98. The second-order valence-electron chi connectivity index (χ2n) is 4.52. The van der Waals surface area contributed by atoms with Crippen LogP contribution >= 0.6 is 15.9 Å². The summed E-state index contributed by atoms with van der Waals surface area (Å²) in [4.78, 5) is 0. The van der Waals surface area contributed by atoms with E-state index in [1.807, 2.05) is 0 Å². The van der Waals surface area contributed by atoms with Crippen LogP contribution in [0.25, 0.3) is 0 Å². The summed E-state index contributed by atoms with van der Waals surface area (Å²) in [7, 11) is 1.67. The maximum Gasteiger partial charge on any atom is 0.416 e. The second kappa shape index (κ2) is 6.15. The summed E-state index contributed by atoms with van der Waals surface area (Å²) in [6.45, 7) is 0. The van der Waals surface area contributed by atoms with E-state index >= 15 is 0 Å². The van der Waals surface area contributed by atoms with Crippen molar-refractivity contribution in [2.75, 3.05) is 7.05 Å². The van der Waals surface area contributed by atoms with Gasteiger partial charge in [0.1, 0.15) is 5.82 Å². The van der Waals surface area contributed by atoms with Gasteiger partial charge in [-0.2, -0.15) is 13.2 Å². The molecule has 0 aromatic heterocycles. The first-order valence-corrected chi connectivity index (χ1v) is 6.91. The van der Waals surface area contributed by atoms with E-state index in [0.29, 0.717) is 15.6 Å². The van der Waals surface area contributed by atoms with Gasteiger partial charge < -0.3 is 5.32 Å². The lowest BCUT2D eigenvalue weighted by Crippen LogP contribution is -2.18. The van der Waals surface area contributed by atoms with Crippen LogP contribution < -0.4 is 5.32 Å². The molecule has 0 fully saturated rings. The zero-order valence-electron chi connectivity index (χ0n) is 11.0. The highest BCUT2D eigenvalue weighted by Crippen LogP contribution is 2.31. The Balaban J connectivity index is 2.35. The van der Waals surface area contributed by atoms with E-state index in [4.69, 9.17) is 0 Å². The van der Waals surface area contributed by atoms with Crippen molar-refractivity contribution >= 4 is 15.9 Å². The molecule has 112 valence electrons. The molecular formula is C15H12BrF4N. The number of benzene rings is 2. The summed E-state index contributed by atoms with van der Waals surface area (Å²) in [5.41, 5.74) is 0.563. The van der Waals surface area contributed by atoms with Gasteiger partial charge in [-0.1, -0.05) is 18.2 Å². The summed E-state index contributed by atoms with van der Waals surface area (Å²) in [6.07, 6.45) is -4.36. The summed E-state index contributed by atoms with van der Waals surface area (Å²) < 4.78 is 51.6. The quantitative estimate of drug-likeness (QED) is 0.765. The Morgan fingerprint density at radius 3 is 2.05 bits per heavy atom. The maximum absolute atomic E-state index is 13.6. The van der Waals surface area contributed by atoms with Crippen LogP contribution in [-0.2, 0) is 6.18 Å². The van der Waals surface area contributed by atoms with Crippen molar-refractivity contribution in [2.24, 2.45) is 0 Å². The molecular weight excluding hydrogens is 350 g/mol. The number of nitrogens with one attached hydrogen (secondary N) is 1. The fraction of sp³-hybridized carbons (Fsp3) is 0.200. The highest BCUT2D eigenvalue weighted by Gasteiger charge is 2.30. The number of rotatable bonds is 3. The Hall–Kier alpha value is -1.40. The highest BCUT2D eigenvalue weighted by molar-refractivity contribution is 9.10. The molecule has 1 atom stereocenters. The van der Waals surface area contributed by atoms with Crippen LogP contribution in [0.15, 0.2) is 46.9 Å². The van der Waals surface area contributed by atoms with E-state index in [9.17, 15) is 17.6 Å². The van der Waals surface area contributed by atoms with Crippen molar-refractivity contribution in [3.05, 3.63) is 69.4 Å². The van der Waals surface area contributed by atoms with Crippen molar-refractivity contribution in [1.29, 1.82) is 0 Å². The smallest absolute Gasteiger partial charge is 0.309 e. The Kier molecular flexibility index (Phi) is 4.68. The van der Waals surface area contributed by atoms with Crippen molar-refractivity contribution in [3.8, 4) is 0 Å². The molecule has 0 bridgehead atoms. The minimum Gasteiger partial charge on any atom is -0.309 e. The second-order valence-corrected chi connectivity index (χ2v) is 5.37. The number of alkyl halides is 3. The first-order chi connectivity index (χ1) is 9.82. The monoisotopic (exact) mass is 361 g/mol. The van der Waals surface area contributed by atoms with Crippen LogP contribution in [0.3, 0.4) is 0 Å². The van der Waals surface area contributed by atoms with Gasteiger partial charge in [-0.05, 0) is 58.4 Å². The van der Waals surface area contributed by atoms with Crippen molar-refractivity contribution in [3.63, 3.8) is 0 Å². The van der Waals surface area contributed by atoms with Crippen molar-refractivity contribution < 1.29 is 17.6 Å². The molecule has 2 rings (SSSR count). The lowest BCUT2D eigenvalue weighted by atomic mass is 9.97. The van der Waals surface area contributed by atoms with E-state index < -0.39 is 17.6 Å². The number of halogens is 5. The zero-order valence-corrected chi connectivity index (χ0v) is 12.6. The molecule has 0 amide bonds. The molecule has 0 saturated heterocycles. The fourth-order valence-electron chi connectivity index (χ4n) is 2.08. The first kappa shape index (κ1) is 16.0. The zero-order chi connectivity index (χ0) is 15.6. The van der Waals surface area contributed by atoms with E-state index in [1.165, 1.54) is 18.2 Å². The van der Waals surface area contributed by atoms with Gasteiger partial charge in [0.2, 0.25) is 0 Å². The van der Waals surface area contributed by atoms with Gasteiger partial charge >= 0.3 is 6.18 Å². The van der Waals surface area contributed by atoms with Gasteiger partial charge in [0, 0.05) is 0 Å². The summed E-state index contributed by atoms with van der Waals surface area (Å²) in [5.74, 6) is -0.417. The van der Waals surface area contributed by atoms with Gasteiger partial charge in [0.25, 0.3) is 0 Å². The molecule has 0 aliphatic heterocycles. The van der Waals surface area contributed by atoms with Gasteiger partial charge in [-0.25, -0.2) is 4.39 Å². The van der Waals surface area contributed by atoms with E-state index in [1.54, 1.807) is 19.2 Å². The number of hydrogen-bond acceptors (Lipinski definition) is 1. The SMILES string of the molecule is CNC(c1ccc(C(F)(F)F)cc1)c1ccc(Br)c(F)c1. The Morgan fingerprint density at radius 1 is 1.00 bits per heavy atom. The van der Waals surface area contributed by atoms with Crippen molar-refractivity contribution in [2.45, 2.75) is 12.2 Å². The van der Waals surface area contributed by atoms with Crippen LogP contribution in [0.1, 0.15) is 22.7 Å². The molecule has 2 aromatic rings. The predicted octanol–water partition coefficient (Wildman–Crippen LogP) is 4.92. The molecule has 0 heterocycles. The van der Waals surface area contributed by atoms with E-state index in [2.05, 4.69) is 21.2 Å². The Bertz CT molecular complexity index is 623. The molecule has 0 saturated carbocycles. The molecule has 1 nitrogen and oxygen atoms in total. The van der Waals surface area contributed by atoms with Gasteiger partial charge in [0.15, 0.2) is 0 Å². The predicted molar refractivity (Wildman–Crippen MR) is 76.4 cm³/mol. The molecule has 1 unspecified atom stereocenters. The maximum atomic E-state index is 13.6. The topological polar surface area (TPSA) is 12.0 Å². The van der Waals surface area contributed by atoms with Gasteiger partial charge in [0.05, 0.1) is 16.1 Å². The molecule has 0 radical (unpaired) electrons. The van der Waals surface area contributed by atoms with E-state index in [0.717, 1.165) is 12.1 Å². The average molecular weight is 362 g/mol. The van der Waals surface area contributed by atoms with Gasteiger partial charge in [-0.15, -0.1) is 0 Å². The first-order valence-electron chi connectivity index (χ1n) is 6.12. The third-order valence-electron chi connectivity index (χ3n) is 3.14. The number of hydrogen-bond donors (Lipinski definition) is 1. The lowest BCUT2D eigenvalue weighted by molar-refractivity contribution is -0.137. The molecule has 0 spiro atoms. The normalized spacial score (nSPS) is 13.2. The molecule has 6 heteroatoms.